The average Bonchev–Trinajstić information content (AvgIpc) is 3.41. The third-order valence-corrected chi connectivity index (χ3v) is 10.9. The summed E-state index contributed by atoms with van der Waals surface area (Å²) in [5.41, 5.74) is 12.2. The summed E-state index contributed by atoms with van der Waals surface area (Å²) in [4.78, 5) is 0. The Bertz CT molecular complexity index is 2400. The molecule has 0 radical (unpaired) electrons. The van der Waals surface area contributed by atoms with Crippen LogP contribution in [-0.4, -0.2) is 0 Å². The average molecular weight is 729 g/mol. The van der Waals surface area contributed by atoms with E-state index in [1.807, 2.05) is 0 Å². The van der Waals surface area contributed by atoms with Crippen LogP contribution < -0.4 is 0 Å². The largest absolute Gasteiger partial charge is 0.0713 e. The van der Waals surface area contributed by atoms with Gasteiger partial charge < -0.3 is 0 Å². The highest BCUT2D eigenvalue weighted by Gasteiger charge is 2.46. The number of rotatable bonds is 4. The van der Waals surface area contributed by atoms with E-state index in [4.69, 9.17) is 0 Å². The van der Waals surface area contributed by atoms with Crippen LogP contribution in [0.25, 0.3) is 54.9 Å². The van der Waals surface area contributed by atoms with E-state index in [0.29, 0.717) is 0 Å². The molecule has 0 heterocycles. The molecular formula is C45H28Br2. The fourth-order valence-corrected chi connectivity index (χ4v) is 8.49. The Morgan fingerprint density at radius 1 is 0.340 bits per heavy atom. The van der Waals surface area contributed by atoms with Gasteiger partial charge in [0, 0.05) is 8.95 Å². The van der Waals surface area contributed by atoms with Crippen LogP contribution in [0.2, 0.25) is 0 Å². The van der Waals surface area contributed by atoms with Crippen LogP contribution in [0.4, 0.5) is 0 Å². The summed E-state index contributed by atoms with van der Waals surface area (Å²) >= 11 is 7.36. The molecule has 9 rings (SSSR count). The lowest BCUT2D eigenvalue weighted by Crippen LogP contribution is -2.28. The molecule has 0 aromatic heterocycles. The highest BCUT2D eigenvalue weighted by Crippen LogP contribution is 2.58. The van der Waals surface area contributed by atoms with E-state index >= 15 is 0 Å². The van der Waals surface area contributed by atoms with E-state index in [1.54, 1.807) is 0 Å². The Hall–Kier alpha value is -4.76. The molecule has 0 N–H and O–H groups in total. The zero-order chi connectivity index (χ0) is 31.5. The first-order valence-corrected chi connectivity index (χ1v) is 17.5. The number of hydrogen-bond acceptors (Lipinski definition) is 0. The van der Waals surface area contributed by atoms with Gasteiger partial charge in [-0.25, -0.2) is 0 Å². The fourth-order valence-electron chi connectivity index (χ4n) is 7.97. The van der Waals surface area contributed by atoms with Crippen LogP contribution in [0, 0.1) is 0 Å². The van der Waals surface area contributed by atoms with Gasteiger partial charge >= 0.3 is 0 Å². The fraction of sp³-hybridized carbons (Fsp3) is 0.0222. The summed E-state index contributed by atoms with van der Waals surface area (Å²) < 4.78 is 2.15. The first-order chi connectivity index (χ1) is 23.1. The summed E-state index contributed by atoms with van der Waals surface area (Å²) in [5, 5.41) is 5.02. The minimum Gasteiger partial charge on any atom is -0.0622 e. The molecule has 8 aromatic rings. The van der Waals surface area contributed by atoms with Crippen molar-refractivity contribution in [1.82, 2.24) is 0 Å². The number of hydrogen-bond donors (Lipinski definition) is 0. The topological polar surface area (TPSA) is 0 Å². The van der Waals surface area contributed by atoms with Crippen molar-refractivity contribution < 1.29 is 0 Å². The third kappa shape index (κ3) is 4.32. The molecule has 0 nitrogen and oxygen atoms in total. The Kier molecular flexibility index (Phi) is 6.78. The van der Waals surface area contributed by atoms with Gasteiger partial charge in [-0.3, -0.25) is 0 Å². The monoisotopic (exact) mass is 726 g/mol. The summed E-state index contributed by atoms with van der Waals surface area (Å²) in [6.45, 7) is 0. The highest BCUT2D eigenvalue weighted by molar-refractivity contribution is 9.10. The molecule has 47 heavy (non-hydrogen) atoms. The summed E-state index contributed by atoms with van der Waals surface area (Å²) in [7, 11) is 0. The van der Waals surface area contributed by atoms with Gasteiger partial charge in [0.05, 0.1) is 5.41 Å². The molecule has 0 saturated carbocycles. The predicted molar refractivity (Wildman–Crippen MR) is 205 cm³/mol. The zero-order valence-corrected chi connectivity index (χ0v) is 28.6. The molecule has 0 bridgehead atoms. The molecule has 0 fully saturated rings. The molecule has 0 unspecified atom stereocenters. The number of fused-ring (bicyclic) bond motifs is 5. The van der Waals surface area contributed by atoms with Gasteiger partial charge in [-0.15, -0.1) is 0 Å². The van der Waals surface area contributed by atoms with E-state index in [1.165, 1.54) is 77.2 Å². The van der Waals surface area contributed by atoms with Gasteiger partial charge in [-0.1, -0.05) is 165 Å². The van der Waals surface area contributed by atoms with E-state index in [9.17, 15) is 0 Å². The van der Waals surface area contributed by atoms with Crippen molar-refractivity contribution in [3.8, 4) is 33.4 Å². The smallest absolute Gasteiger partial charge is 0.0622 e. The van der Waals surface area contributed by atoms with Gasteiger partial charge in [0.1, 0.15) is 0 Å². The number of halogens is 2. The van der Waals surface area contributed by atoms with Crippen LogP contribution in [0.3, 0.4) is 0 Å². The second-order valence-electron chi connectivity index (χ2n) is 12.3. The summed E-state index contributed by atoms with van der Waals surface area (Å²) in [6, 6.07) is 62.6. The minimum absolute atomic E-state index is 0.469. The van der Waals surface area contributed by atoms with E-state index in [2.05, 4.69) is 202 Å². The second kappa shape index (κ2) is 11.2. The van der Waals surface area contributed by atoms with E-state index < -0.39 is 5.41 Å². The third-order valence-electron chi connectivity index (χ3n) is 9.87. The molecule has 8 aromatic carbocycles. The molecular weight excluding hydrogens is 700 g/mol. The minimum atomic E-state index is -0.469. The normalized spacial score (nSPS) is 13.1. The van der Waals surface area contributed by atoms with Crippen molar-refractivity contribution in [3.63, 3.8) is 0 Å². The Labute approximate surface area is 291 Å². The Morgan fingerprint density at radius 3 is 1.32 bits per heavy atom. The lowest BCUT2D eigenvalue weighted by atomic mass is 9.67. The van der Waals surface area contributed by atoms with Gasteiger partial charge in [-0.2, -0.15) is 0 Å². The first kappa shape index (κ1) is 28.5. The molecule has 0 saturated heterocycles. The first-order valence-electron chi connectivity index (χ1n) is 15.9. The van der Waals surface area contributed by atoms with Crippen molar-refractivity contribution in [2.24, 2.45) is 0 Å². The maximum absolute atomic E-state index is 3.69. The van der Waals surface area contributed by atoms with Gasteiger partial charge in [0.2, 0.25) is 0 Å². The quantitative estimate of drug-likeness (QED) is 0.158. The summed E-state index contributed by atoms with van der Waals surface area (Å²) in [5.74, 6) is 0. The van der Waals surface area contributed by atoms with Gasteiger partial charge in [0.15, 0.2) is 0 Å². The summed E-state index contributed by atoms with van der Waals surface area (Å²) in [6.07, 6.45) is 0. The number of benzene rings is 8. The maximum Gasteiger partial charge on any atom is 0.0713 e. The Morgan fingerprint density at radius 2 is 0.787 bits per heavy atom. The molecule has 0 amide bonds. The van der Waals surface area contributed by atoms with Crippen molar-refractivity contribution in [1.29, 1.82) is 0 Å². The molecule has 0 atom stereocenters. The van der Waals surface area contributed by atoms with Crippen LogP contribution in [0.5, 0.6) is 0 Å². The molecule has 0 spiro atoms. The maximum atomic E-state index is 3.69. The van der Waals surface area contributed by atoms with Gasteiger partial charge in [0.25, 0.3) is 0 Å². The van der Waals surface area contributed by atoms with Crippen LogP contribution in [0.15, 0.2) is 179 Å². The molecule has 1 aliphatic carbocycles. The second-order valence-corrected chi connectivity index (χ2v) is 14.1. The highest BCUT2D eigenvalue weighted by atomic mass is 79.9. The predicted octanol–water partition coefficient (Wildman–Crippen LogP) is 13.2. The molecule has 0 aliphatic heterocycles. The zero-order valence-electron chi connectivity index (χ0n) is 25.4. The lowest BCUT2D eigenvalue weighted by Gasteiger charge is -2.34. The van der Waals surface area contributed by atoms with E-state index in [0.717, 1.165) is 8.95 Å². The lowest BCUT2D eigenvalue weighted by molar-refractivity contribution is 0.769. The van der Waals surface area contributed by atoms with Gasteiger partial charge in [-0.05, 0) is 114 Å². The SMILES string of the molecule is Brc1ccc(-c2c3ccccc3c(-c3ccc(Br)cc3)c3cc4c(cc23)-c2ccccc2C4(c2ccccc2)c2ccccc2)cc1. The molecule has 222 valence electrons. The van der Waals surface area contributed by atoms with Crippen LogP contribution in [-0.2, 0) is 5.41 Å². The van der Waals surface area contributed by atoms with Crippen LogP contribution >= 0.6 is 31.9 Å². The Balaban J connectivity index is 1.51. The van der Waals surface area contributed by atoms with Crippen molar-refractivity contribution in [3.05, 3.63) is 201 Å². The van der Waals surface area contributed by atoms with Crippen molar-refractivity contribution in [2.75, 3.05) is 0 Å². The molecule has 2 heteroatoms. The molecule has 1 aliphatic rings. The van der Waals surface area contributed by atoms with Crippen molar-refractivity contribution >= 4 is 53.4 Å². The van der Waals surface area contributed by atoms with E-state index in [-0.39, 0.29) is 0 Å². The van der Waals surface area contributed by atoms with Crippen LogP contribution in [0.1, 0.15) is 22.3 Å². The standard InChI is InChI=1S/C45H28Br2/c46-33-23-19-29(20-24-33)43-36-16-7-8-17-37(36)44(30-21-25-34(47)26-22-30)40-28-42-38(27-39(40)43)35-15-9-10-18-41(35)45(42,31-11-3-1-4-12-31)32-13-5-2-6-14-32/h1-28H. The van der Waals surface area contributed by atoms with Crippen molar-refractivity contribution in [2.45, 2.75) is 5.41 Å².